The molecule has 0 aliphatic heterocycles. The van der Waals surface area contributed by atoms with E-state index in [1.165, 1.54) is 0 Å². The van der Waals surface area contributed by atoms with Crippen LogP contribution in [0.1, 0.15) is 22.4 Å². The lowest BCUT2D eigenvalue weighted by Gasteiger charge is -2.11. The highest BCUT2D eigenvalue weighted by Crippen LogP contribution is 2.30. The average Bonchev–Trinajstić information content (AvgIpc) is 3.09. The normalized spacial score (nSPS) is 11.4. The van der Waals surface area contributed by atoms with Crippen LogP contribution >= 0.6 is 0 Å². The monoisotopic (exact) mass is 453 g/mol. The van der Waals surface area contributed by atoms with Gasteiger partial charge in [0.05, 0.1) is 25.6 Å². The summed E-state index contributed by atoms with van der Waals surface area (Å²) in [6.07, 6.45) is 5.69. The second kappa shape index (κ2) is 10.1. The summed E-state index contributed by atoms with van der Waals surface area (Å²) >= 11 is 0. The standard InChI is InChI=1S/C28H27N3O3/c1-20-27(28(32)31(30(20)2)23-13-9-6-10-14-23)29-19-25-22(16-15-21-11-7-5-8-12-21)17-24(33-3)18-26(25)34-4/h5-19H,1-4H3/b16-15+,29-19?. The molecular formula is C28H27N3O3. The molecule has 0 amide bonds. The number of benzene rings is 3. The van der Waals surface area contributed by atoms with Crippen molar-refractivity contribution in [3.8, 4) is 17.2 Å². The summed E-state index contributed by atoms with van der Waals surface area (Å²) in [6.45, 7) is 1.88. The molecule has 0 unspecified atom stereocenters. The summed E-state index contributed by atoms with van der Waals surface area (Å²) in [5.74, 6) is 1.27. The first-order chi connectivity index (χ1) is 16.5. The van der Waals surface area contributed by atoms with Crippen molar-refractivity contribution in [1.82, 2.24) is 9.36 Å². The van der Waals surface area contributed by atoms with E-state index in [0.29, 0.717) is 17.2 Å². The number of aliphatic imine (C=N–C) groups is 1. The van der Waals surface area contributed by atoms with Crippen molar-refractivity contribution in [3.05, 3.63) is 106 Å². The molecule has 0 radical (unpaired) electrons. The minimum atomic E-state index is -0.184. The SMILES string of the molecule is COc1cc(/C=C/c2ccccc2)c(C=Nc2c(C)n(C)n(-c3ccccc3)c2=O)c(OC)c1. The second-order valence-electron chi connectivity index (χ2n) is 7.74. The largest absolute Gasteiger partial charge is 0.497 e. The summed E-state index contributed by atoms with van der Waals surface area (Å²) in [4.78, 5) is 17.9. The average molecular weight is 454 g/mol. The Morgan fingerprint density at radius 2 is 1.56 bits per heavy atom. The number of aromatic nitrogens is 2. The van der Waals surface area contributed by atoms with Crippen LogP contribution in [0.2, 0.25) is 0 Å². The van der Waals surface area contributed by atoms with Gasteiger partial charge in [0.15, 0.2) is 5.69 Å². The predicted octanol–water partition coefficient (Wildman–Crippen LogP) is 5.42. The first kappa shape index (κ1) is 22.9. The Kier molecular flexibility index (Phi) is 6.78. The third-order valence-corrected chi connectivity index (χ3v) is 5.70. The topological polar surface area (TPSA) is 57.8 Å². The van der Waals surface area contributed by atoms with Gasteiger partial charge in [0.1, 0.15) is 11.5 Å². The van der Waals surface area contributed by atoms with Gasteiger partial charge in [-0.2, -0.15) is 0 Å². The van der Waals surface area contributed by atoms with Crippen LogP contribution in [0.3, 0.4) is 0 Å². The first-order valence-corrected chi connectivity index (χ1v) is 10.9. The lowest BCUT2D eigenvalue weighted by Crippen LogP contribution is -2.19. The maximum Gasteiger partial charge on any atom is 0.297 e. The van der Waals surface area contributed by atoms with Crippen LogP contribution in [0.15, 0.2) is 82.6 Å². The molecule has 0 aliphatic rings. The highest BCUT2D eigenvalue weighted by Gasteiger charge is 2.16. The van der Waals surface area contributed by atoms with E-state index in [1.807, 2.05) is 97.5 Å². The van der Waals surface area contributed by atoms with E-state index >= 15 is 0 Å². The molecule has 0 aliphatic carbocycles. The van der Waals surface area contributed by atoms with Crippen LogP contribution in [-0.2, 0) is 7.05 Å². The third kappa shape index (κ3) is 4.57. The quantitative estimate of drug-likeness (QED) is 0.277. The number of para-hydroxylation sites is 1. The molecule has 0 spiro atoms. The number of hydrogen-bond acceptors (Lipinski definition) is 4. The van der Waals surface area contributed by atoms with E-state index in [-0.39, 0.29) is 5.56 Å². The van der Waals surface area contributed by atoms with Gasteiger partial charge in [0.25, 0.3) is 5.56 Å². The molecule has 0 bridgehead atoms. The van der Waals surface area contributed by atoms with Crippen molar-refractivity contribution in [2.24, 2.45) is 12.0 Å². The van der Waals surface area contributed by atoms with E-state index in [2.05, 4.69) is 4.99 Å². The molecule has 0 saturated carbocycles. The Labute approximate surface area is 199 Å². The zero-order valence-electron chi connectivity index (χ0n) is 19.7. The van der Waals surface area contributed by atoms with Gasteiger partial charge in [-0.15, -0.1) is 0 Å². The summed E-state index contributed by atoms with van der Waals surface area (Å²) in [5.41, 5.74) is 4.42. The molecule has 0 atom stereocenters. The molecule has 1 aromatic heterocycles. The Hall–Kier alpha value is -4.32. The third-order valence-electron chi connectivity index (χ3n) is 5.70. The number of methoxy groups -OCH3 is 2. The highest BCUT2D eigenvalue weighted by molar-refractivity contribution is 5.93. The molecule has 1 heterocycles. The Bertz CT molecular complexity index is 1400. The van der Waals surface area contributed by atoms with E-state index < -0.39 is 0 Å². The molecule has 0 fully saturated rings. The fraction of sp³-hybridized carbons (Fsp3) is 0.143. The van der Waals surface area contributed by atoms with Crippen LogP contribution in [-0.4, -0.2) is 29.8 Å². The summed E-state index contributed by atoms with van der Waals surface area (Å²) in [5, 5.41) is 0. The molecule has 6 heteroatoms. The van der Waals surface area contributed by atoms with Gasteiger partial charge in [-0.1, -0.05) is 60.7 Å². The Morgan fingerprint density at radius 3 is 2.21 bits per heavy atom. The van der Waals surface area contributed by atoms with Crippen LogP contribution in [0.5, 0.6) is 11.5 Å². The molecule has 172 valence electrons. The van der Waals surface area contributed by atoms with E-state index in [1.54, 1.807) is 31.2 Å². The van der Waals surface area contributed by atoms with Gasteiger partial charge in [-0.25, -0.2) is 9.67 Å². The molecule has 34 heavy (non-hydrogen) atoms. The smallest absolute Gasteiger partial charge is 0.297 e. The summed E-state index contributed by atoms with van der Waals surface area (Å²) in [6, 6.07) is 23.3. The molecule has 3 aromatic carbocycles. The van der Waals surface area contributed by atoms with Gasteiger partial charge >= 0.3 is 0 Å². The van der Waals surface area contributed by atoms with Crippen molar-refractivity contribution in [3.63, 3.8) is 0 Å². The molecule has 4 aromatic rings. The lowest BCUT2D eigenvalue weighted by molar-refractivity contribution is 0.394. The van der Waals surface area contributed by atoms with E-state index in [0.717, 1.165) is 28.1 Å². The maximum atomic E-state index is 13.2. The minimum absolute atomic E-state index is 0.184. The zero-order valence-corrected chi connectivity index (χ0v) is 19.7. The number of hydrogen-bond donors (Lipinski definition) is 0. The Morgan fingerprint density at radius 1 is 0.882 bits per heavy atom. The Balaban J connectivity index is 1.81. The maximum absolute atomic E-state index is 13.2. The summed E-state index contributed by atoms with van der Waals surface area (Å²) in [7, 11) is 5.07. The van der Waals surface area contributed by atoms with Crippen LogP contribution in [0.25, 0.3) is 17.8 Å². The number of nitrogens with zero attached hydrogens (tertiary/aromatic N) is 3. The van der Waals surface area contributed by atoms with Crippen LogP contribution in [0, 0.1) is 6.92 Å². The van der Waals surface area contributed by atoms with Crippen molar-refractivity contribution < 1.29 is 9.47 Å². The first-order valence-electron chi connectivity index (χ1n) is 10.9. The van der Waals surface area contributed by atoms with Gasteiger partial charge in [0, 0.05) is 24.9 Å². The number of rotatable bonds is 7. The van der Waals surface area contributed by atoms with Crippen LogP contribution < -0.4 is 15.0 Å². The molecular weight excluding hydrogens is 426 g/mol. The van der Waals surface area contributed by atoms with Crippen molar-refractivity contribution in [2.45, 2.75) is 6.92 Å². The van der Waals surface area contributed by atoms with Crippen LogP contribution in [0.4, 0.5) is 5.69 Å². The zero-order chi connectivity index (χ0) is 24.1. The van der Waals surface area contributed by atoms with Crippen molar-refractivity contribution in [2.75, 3.05) is 14.2 Å². The highest BCUT2D eigenvalue weighted by atomic mass is 16.5. The van der Waals surface area contributed by atoms with E-state index in [9.17, 15) is 4.79 Å². The van der Waals surface area contributed by atoms with Gasteiger partial charge in [-0.3, -0.25) is 9.48 Å². The second-order valence-corrected chi connectivity index (χ2v) is 7.74. The number of ether oxygens (including phenoxy) is 2. The molecule has 0 N–H and O–H groups in total. The fourth-order valence-electron chi connectivity index (χ4n) is 3.77. The molecule has 6 nitrogen and oxygen atoms in total. The molecule has 0 saturated heterocycles. The van der Waals surface area contributed by atoms with E-state index in [4.69, 9.17) is 9.47 Å². The van der Waals surface area contributed by atoms with Crippen molar-refractivity contribution >= 4 is 24.1 Å². The van der Waals surface area contributed by atoms with Crippen molar-refractivity contribution in [1.29, 1.82) is 0 Å². The van der Waals surface area contributed by atoms with Gasteiger partial charge < -0.3 is 9.47 Å². The summed E-state index contributed by atoms with van der Waals surface area (Å²) < 4.78 is 14.5. The minimum Gasteiger partial charge on any atom is -0.497 e. The predicted molar refractivity (Wildman–Crippen MR) is 138 cm³/mol. The van der Waals surface area contributed by atoms with Gasteiger partial charge in [-0.05, 0) is 36.2 Å². The molecule has 4 rings (SSSR count). The fourth-order valence-corrected chi connectivity index (χ4v) is 3.77. The lowest BCUT2D eigenvalue weighted by atomic mass is 10.0. The van der Waals surface area contributed by atoms with Gasteiger partial charge in [0.2, 0.25) is 0 Å².